The average molecular weight is 318 g/mol. The van der Waals surface area contributed by atoms with Gasteiger partial charge in [-0.15, -0.1) is 11.3 Å². The Morgan fingerprint density at radius 2 is 1.65 bits per heavy atom. The Labute approximate surface area is 127 Å². The molecule has 0 saturated heterocycles. The maximum absolute atomic E-state index is 6.01. The highest BCUT2D eigenvalue weighted by atomic mass is 35.5. The number of anilines is 1. The molecule has 0 aliphatic carbocycles. The number of halogens is 1. The van der Waals surface area contributed by atoms with Crippen molar-refractivity contribution >= 4 is 59.8 Å². The van der Waals surface area contributed by atoms with Crippen LogP contribution in [-0.4, -0.2) is 9.97 Å². The van der Waals surface area contributed by atoms with Gasteiger partial charge in [0.05, 0.1) is 20.4 Å². The maximum Gasteiger partial charge on any atom is 0.181 e. The zero-order valence-electron chi connectivity index (χ0n) is 10.1. The lowest BCUT2D eigenvalue weighted by atomic mass is 10.2. The molecule has 0 atom stereocenters. The molecule has 0 aliphatic rings. The summed E-state index contributed by atoms with van der Waals surface area (Å²) >= 11 is 9.14. The normalized spacial score (nSPS) is 11.4. The van der Waals surface area contributed by atoms with Crippen molar-refractivity contribution in [3.8, 4) is 10.6 Å². The fraction of sp³-hybridized carbons (Fsp3) is 0. The van der Waals surface area contributed by atoms with Crippen molar-refractivity contribution in [1.82, 2.24) is 9.97 Å². The van der Waals surface area contributed by atoms with E-state index in [0.717, 1.165) is 36.0 Å². The van der Waals surface area contributed by atoms with Gasteiger partial charge in [-0.1, -0.05) is 22.9 Å². The molecule has 2 aromatic carbocycles. The molecule has 4 rings (SSSR count). The highest BCUT2D eigenvalue weighted by Gasteiger charge is 2.09. The average Bonchev–Trinajstić information content (AvgIpc) is 2.99. The van der Waals surface area contributed by atoms with Crippen LogP contribution in [0.5, 0.6) is 0 Å². The van der Waals surface area contributed by atoms with Crippen LogP contribution in [0.2, 0.25) is 5.02 Å². The number of aromatic nitrogens is 2. The van der Waals surface area contributed by atoms with Crippen molar-refractivity contribution in [2.75, 3.05) is 5.73 Å². The Bertz CT molecular complexity index is 942. The topological polar surface area (TPSA) is 51.8 Å². The smallest absolute Gasteiger partial charge is 0.181 e. The van der Waals surface area contributed by atoms with Crippen LogP contribution in [0, 0.1) is 0 Å². The number of thiazole rings is 2. The van der Waals surface area contributed by atoms with Gasteiger partial charge in [0.15, 0.2) is 5.13 Å². The number of fused-ring (bicyclic) bond motifs is 2. The molecule has 2 heterocycles. The summed E-state index contributed by atoms with van der Waals surface area (Å²) in [5, 5.41) is 2.31. The zero-order valence-corrected chi connectivity index (χ0v) is 12.5. The lowest BCUT2D eigenvalue weighted by molar-refractivity contribution is 1.47. The number of rotatable bonds is 1. The summed E-state index contributed by atoms with van der Waals surface area (Å²) in [6, 6.07) is 11.8. The summed E-state index contributed by atoms with van der Waals surface area (Å²) in [6.07, 6.45) is 0. The molecule has 0 fully saturated rings. The molecule has 0 bridgehead atoms. The molecule has 4 aromatic rings. The van der Waals surface area contributed by atoms with Gasteiger partial charge in [0, 0.05) is 10.6 Å². The van der Waals surface area contributed by atoms with Crippen LogP contribution in [0.1, 0.15) is 0 Å². The van der Waals surface area contributed by atoms with Gasteiger partial charge in [0.2, 0.25) is 0 Å². The van der Waals surface area contributed by atoms with Gasteiger partial charge in [0.25, 0.3) is 0 Å². The second kappa shape index (κ2) is 4.41. The molecule has 2 N–H and O–H groups in total. The molecule has 0 saturated carbocycles. The third kappa shape index (κ3) is 1.95. The first-order valence-electron chi connectivity index (χ1n) is 5.91. The van der Waals surface area contributed by atoms with Crippen LogP contribution in [-0.2, 0) is 0 Å². The Kier molecular flexibility index (Phi) is 2.66. The molecule has 0 spiro atoms. The highest BCUT2D eigenvalue weighted by Crippen LogP contribution is 2.34. The van der Waals surface area contributed by atoms with E-state index in [1.165, 1.54) is 11.3 Å². The number of hydrogen-bond acceptors (Lipinski definition) is 5. The molecule has 6 heteroatoms. The second-order valence-corrected chi connectivity index (χ2v) is 6.89. The number of nitrogens with two attached hydrogens (primary N) is 1. The first kappa shape index (κ1) is 12.1. The van der Waals surface area contributed by atoms with Crippen molar-refractivity contribution in [2.24, 2.45) is 0 Å². The fourth-order valence-electron chi connectivity index (χ4n) is 2.10. The Balaban J connectivity index is 1.90. The minimum atomic E-state index is 0.591. The van der Waals surface area contributed by atoms with E-state index in [0.29, 0.717) is 5.13 Å². The summed E-state index contributed by atoms with van der Waals surface area (Å²) < 4.78 is 2.17. The van der Waals surface area contributed by atoms with Gasteiger partial charge in [-0.2, -0.15) is 0 Å². The van der Waals surface area contributed by atoms with Crippen molar-refractivity contribution in [2.45, 2.75) is 0 Å². The number of hydrogen-bond donors (Lipinski definition) is 1. The predicted molar refractivity (Wildman–Crippen MR) is 87.7 cm³/mol. The molecular weight excluding hydrogens is 310 g/mol. The van der Waals surface area contributed by atoms with Crippen LogP contribution in [0.15, 0.2) is 36.4 Å². The summed E-state index contributed by atoms with van der Waals surface area (Å²) in [4.78, 5) is 8.91. The molecule has 0 unspecified atom stereocenters. The quantitative estimate of drug-likeness (QED) is 0.548. The van der Waals surface area contributed by atoms with E-state index in [-0.39, 0.29) is 0 Å². The highest BCUT2D eigenvalue weighted by molar-refractivity contribution is 7.22. The molecule has 98 valence electrons. The maximum atomic E-state index is 6.01. The Morgan fingerprint density at radius 1 is 0.900 bits per heavy atom. The molecule has 0 radical (unpaired) electrons. The molecular formula is C14H8ClN3S2. The standard InChI is InChI=1S/C14H8ClN3S2/c15-8-2-4-9-12(6-8)19-13(17-9)7-1-3-10-11(5-7)20-14(16)18-10/h1-6H,(H2,16,18). The van der Waals surface area contributed by atoms with Crippen LogP contribution < -0.4 is 5.73 Å². The van der Waals surface area contributed by atoms with Crippen molar-refractivity contribution < 1.29 is 0 Å². The molecule has 0 aliphatic heterocycles. The zero-order chi connectivity index (χ0) is 13.7. The third-order valence-corrected chi connectivity index (χ3v) is 5.15. The lowest BCUT2D eigenvalue weighted by Gasteiger charge is -1.94. The van der Waals surface area contributed by atoms with Gasteiger partial charge in [0.1, 0.15) is 5.01 Å². The summed E-state index contributed by atoms with van der Waals surface area (Å²) in [7, 11) is 0. The van der Waals surface area contributed by atoms with E-state index >= 15 is 0 Å². The monoisotopic (exact) mass is 317 g/mol. The summed E-state index contributed by atoms with van der Waals surface area (Å²) in [5.41, 5.74) is 8.72. The van der Waals surface area contributed by atoms with E-state index in [1.54, 1.807) is 11.3 Å². The molecule has 2 aromatic heterocycles. The van der Waals surface area contributed by atoms with Crippen LogP contribution in [0.3, 0.4) is 0 Å². The third-order valence-electron chi connectivity index (χ3n) is 3.00. The van der Waals surface area contributed by atoms with E-state index in [4.69, 9.17) is 17.3 Å². The van der Waals surface area contributed by atoms with Crippen molar-refractivity contribution in [3.05, 3.63) is 41.4 Å². The second-order valence-electron chi connectivity index (χ2n) is 4.37. The first-order valence-corrected chi connectivity index (χ1v) is 7.93. The number of nitrogen functional groups attached to an aromatic ring is 1. The minimum absolute atomic E-state index is 0.591. The Hall–Kier alpha value is -1.69. The SMILES string of the molecule is Nc1nc2ccc(-c3nc4ccc(Cl)cc4s3)cc2s1. The first-order chi connectivity index (χ1) is 9.69. The predicted octanol–water partition coefficient (Wildman–Crippen LogP) is 4.81. The van der Waals surface area contributed by atoms with Crippen LogP contribution >= 0.6 is 34.3 Å². The van der Waals surface area contributed by atoms with Crippen molar-refractivity contribution in [3.63, 3.8) is 0 Å². The number of nitrogens with zero attached hydrogens (tertiary/aromatic N) is 2. The van der Waals surface area contributed by atoms with E-state index in [2.05, 4.69) is 16.0 Å². The molecule has 3 nitrogen and oxygen atoms in total. The minimum Gasteiger partial charge on any atom is -0.375 e. The van der Waals surface area contributed by atoms with Crippen LogP contribution in [0.25, 0.3) is 31.0 Å². The van der Waals surface area contributed by atoms with Gasteiger partial charge in [-0.25, -0.2) is 9.97 Å². The van der Waals surface area contributed by atoms with Gasteiger partial charge in [-0.05, 0) is 36.4 Å². The molecule has 20 heavy (non-hydrogen) atoms. The van der Waals surface area contributed by atoms with Gasteiger partial charge >= 0.3 is 0 Å². The van der Waals surface area contributed by atoms with Crippen molar-refractivity contribution in [1.29, 1.82) is 0 Å². The summed E-state index contributed by atoms with van der Waals surface area (Å²) in [5.74, 6) is 0. The lowest BCUT2D eigenvalue weighted by Crippen LogP contribution is -1.79. The van der Waals surface area contributed by atoms with Crippen LogP contribution in [0.4, 0.5) is 5.13 Å². The van der Waals surface area contributed by atoms with E-state index in [1.807, 2.05) is 30.3 Å². The van der Waals surface area contributed by atoms with E-state index < -0.39 is 0 Å². The van der Waals surface area contributed by atoms with Gasteiger partial charge < -0.3 is 5.73 Å². The Morgan fingerprint density at radius 3 is 2.55 bits per heavy atom. The fourth-order valence-corrected chi connectivity index (χ4v) is 4.11. The largest absolute Gasteiger partial charge is 0.375 e. The van der Waals surface area contributed by atoms with E-state index in [9.17, 15) is 0 Å². The van der Waals surface area contributed by atoms with Gasteiger partial charge in [-0.3, -0.25) is 0 Å². The number of benzene rings is 2. The summed E-state index contributed by atoms with van der Waals surface area (Å²) in [6.45, 7) is 0. The molecule has 0 amide bonds.